The van der Waals surface area contributed by atoms with Gasteiger partial charge >= 0.3 is 6.09 Å². The maximum atomic E-state index is 12.6. The van der Waals surface area contributed by atoms with Gasteiger partial charge in [-0.25, -0.2) is 4.79 Å². The number of ether oxygens (including phenoxy) is 4. The van der Waals surface area contributed by atoms with E-state index >= 15 is 0 Å². The topological polar surface area (TPSA) is 152 Å². The summed E-state index contributed by atoms with van der Waals surface area (Å²) in [6.45, 7) is 0.750. The molecule has 12 nitrogen and oxygen atoms in total. The van der Waals surface area contributed by atoms with Crippen molar-refractivity contribution in [2.75, 3.05) is 32.2 Å². The number of nitrogens with one attached hydrogen (secondary N) is 2. The number of H-pyrrole nitrogens is 1. The van der Waals surface area contributed by atoms with Gasteiger partial charge in [0, 0.05) is 29.8 Å². The third-order valence-electron chi connectivity index (χ3n) is 6.93. The standard InChI is InChI=1S/C24H28N4O8/c1-33-17-6-20(30)18(9-29)21(7-17)35-12-23(31)25-22-8-19(26-27-22)13-2-3-16(4-13)36-24(32)28-14-5-15(28)11-34-10-14/h6-9,13-16,30H,2-5,10-12H2,1H3,(H2,25,26,27,31). The largest absolute Gasteiger partial charge is 0.507 e. The van der Waals surface area contributed by atoms with Crippen LogP contribution in [0.4, 0.5) is 10.6 Å². The molecular weight excluding hydrogens is 472 g/mol. The molecule has 3 N–H and O–H groups in total. The van der Waals surface area contributed by atoms with Crippen LogP contribution in [0, 0.1) is 0 Å². The van der Waals surface area contributed by atoms with Crippen LogP contribution in [0.25, 0.3) is 0 Å². The summed E-state index contributed by atoms with van der Waals surface area (Å²) < 4.78 is 21.6. The zero-order chi connectivity index (χ0) is 25.2. The maximum absolute atomic E-state index is 12.6. The first-order chi connectivity index (χ1) is 17.4. The van der Waals surface area contributed by atoms with Crippen LogP contribution in [0.1, 0.15) is 47.7 Å². The van der Waals surface area contributed by atoms with Crippen LogP contribution in [0.2, 0.25) is 0 Å². The average Bonchev–Trinajstić information content (AvgIpc) is 3.52. The third kappa shape index (κ3) is 4.81. The molecule has 2 saturated heterocycles. The Kier molecular flexibility index (Phi) is 6.68. The number of aldehydes is 1. The van der Waals surface area contributed by atoms with E-state index in [4.69, 9.17) is 18.9 Å². The Balaban J connectivity index is 1.11. The van der Waals surface area contributed by atoms with Crippen molar-refractivity contribution in [1.82, 2.24) is 15.1 Å². The van der Waals surface area contributed by atoms with Crippen LogP contribution < -0.4 is 14.8 Å². The summed E-state index contributed by atoms with van der Waals surface area (Å²) in [5.74, 6) is -0.0234. The highest BCUT2D eigenvalue weighted by Crippen LogP contribution is 2.38. The van der Waals surface area contributed by atoms with Crippen LogP contribution in [0.3, 0.4) is 0 Å². The molecule has 36 heavy (non-hydrogen) atoms. The van der Waals surface area contributed by atoms with Crippen molar-refractivity contribution >= 4 is 24.1 Å². The molecule has 2 bridgehead atoms. The summed E-state index contributed by atoms with van der Waals surface area (Å²) in [4.78, 5) is 38.0. The van der Waals surface area contributed by atoms with E-state index in [9.17, 15) is 19.5 Å². The van der Waals surface area contributed by atoms with Crippen LogP contribution in [-0.2, 0) is 14.3 Å². The monoisotopic (exact) mass is 500 g/mol. The molecule has 1 aromatic carbocycles. The van der Waals surface area contributed by atoms with Crippen molar-refractivity contribution in [2.45, 2.75) is 49.8 Å². The Hall–Kier alpha value is -3.80. The Morgan fingerprint density at radius 1 is 1.25 bits per heavy atom. The Bertz CT molecular complexity index is 1140. The number of phenols is 1. The summed E-state index contributed by atoms with van der Waals surface area (Å²) in [7, 11) is 1.41. The predicted molar refractivity (Wildman–Crippen MR) is 124 cm³/mol. The van der Waals surface area contributed by atoms with E-state index in [-0.39, 0.29) is 53.0 Å². The summed E-state index contributed by atoms with van der Waals surface area (Å²) in [5, 5.41) is 19.7. The van der Waals surface area contributed by atoms with Crippen LogP contribution in [0.15, 0.2) is 18.2 Å². The fourth-order valence-corrected chi connectivity index (χ4v) is 5.04. The Labute approximate surface area is 206 Å². The van der Waals surface area contributed by atoms with E-state index < -0.39 is 12.5 Å². The number of anilines is 1. The van der Waals surface area contributed by atoms with Gasteiger partial charge in [0.05, 0.1) is 38.0 Å². The second-order valence-electron chi connectivity index (χ2n) is 9.23. The predicted octanol–water partition coefficient (Wildman–Crippen LogP) is 2.20. The van der Waals surface area contributed by atoms with E-state index in [1.54, 1.807) is 11.0 Å². The zero-order valence-electron chi connectivity index (χ0n) is 19.8. The van der Waals surface area contributed by atoms with Gasteiger partial charge < -0.3 is 29.4 Å². The summed E-state index contributed by atoms with van der Waals surface area (Å²) in [5.41, 5.74) is 0.771. The molecule has 4 atom stereocenters. The minimum absolute atomic E-state index is 0.0284. The molecule has 5 rings (SSSR count). The number of amides is 2. The molecule has 192 valence electrons. The molecule has 2 aromatic rings. The molecule has 0 radical (unpaired) electrons. The molecule has 2 aliphatic heterocycles. The number of phenolic OH excluding ortho intramolecular Hbond substituents is 1. The molecule has 1 aliphatic carbocycles. The van der Waals surface area contributed by atoms with Crippen LogP contribution in [0.5, 0.6) is 17.2 Å². The van der Waals surface area contributed by atoms with Gasteiger partial charge in [0.15, 0.2) is 18.7 Å². The molecule has 0 spiro atoms. The Morgan fingerprint density at radius 3 is 2.78 bits per heavy atom. The van der Waals surface area contributed by atoms with E-state index in [1.807, 2.05) is 0 Å². The molecule has 3 fully saturated rings. The molecule has 2 amide bonds. The molecular formula is C24H28N4O8. The minimum Gasteiger partial charge on any atom is -0.507 e. The van der Waals surface area contributed by atoms with Gasteiger partial charge in [-0.3, -0.25) is 19.6 Å². The lowest BCUT2D eigenvalue weighted by molar-refractivity contribution is -0.118. The highest BCUT2D eigenvalue weighted by Gasteiger charge is 2.47. The third-order valence-corrected chi connectivity index (χ3v) is 6.93. The molecule has 1 aromatic heterocycles. The number of benzene rings is 1. The van der Waals surface area contributed by atoms with Crippen molar-refractivity contribution in [3.63, 3.8) is 0 Å². The number of aromatic hydroxyl groups is 1. The van der Waals surface area contributed by atoms with Crippen molar-refractivity contribution in [3.8, 4) is 17.2 Å². The smallest absolute Gasteiger partial charge is 0.410 e. The fourth-order valence-electron chi connectivity index (χ4n) is 5.04. The maximum Gasteiger partial charge on any atom is 0.410 e. The first kappa shape index (κ1) is 23.9. The average molecular weight is 501 g/mol. The minimum atomic E-state index is -0.491. The van der Waals surface area contributed by atoms with Gasteiger partial charge in [0.2, 0.25) is 0 Å². The second-order valence-corrected chi connectivity index (χ2v) is 9.23. The van der Waals surface area contributed by atoms with E-state index in [0.717, 1.165) is 25.0 Å². The number of hydrogen-bond acceptors (Lipinski definition) is 9. The number of carbonyl (C=O) groups is 3. The number of aromatic nitrogens is 2. The molecule has 3 aliphatic rings. The van der Waals surface area contributed by atoms with Gasteiger partial charge in [-0.2, -0.15) is 5.10 Å². The van der Waals surface area contributed by atoms with E-state index in [2.05, 4.69) is 15.5 Å². The van der Waals surface area contributed by atoms with Gasteiger partial charge in [0.25, 0.3) is 5.91 Å². The van der Waals surface area contributed by atoms with E-state index in [1.165, 1.54) is 19.2 Å². The Morgan fingerprint density at radius 2 is 2.06 bits per heavy atom. The number of fused-ring (bicyclic) bond motifs is 2. The van der Waals surface area contributed by atoms with Crippen molar-refractivity contribution < 1.29 is 38.4 Å². The van der Waals surface area contributed by atoms with Gasteiger partial charge in [-0.05, 0) is 25.7 Å². The van der Waals surface area contributed by atoms with Gasteiger partial charge in [0.1, 0.15) is 23.4 Å². The normalized spacial score (nSPS) is 24.5. The number of nitrogens with zero attached hydrogens (tertiary/aromatic N) is 2. The number of carbonyl (C=O) groups excluding carboxylic acids is 3. The lowest BCUT2D eigenvalue weighted by Gasteiger charge is -2.51. The second kappa shape index (κ2) is 10.1. The molecule has 3 heterocycles. The summed E-state index contributed by atoms with van der Waals surface area (Å²) in [6, 6.07) is 4.71. The number of morpholine rings is 1. The van der Waals surface area contributed by atoms with Crippen LogP contribution in [-0.4, -0.2) is 83.6 Å². The number of methoxy groups -OCH3 is 1. The lowest BCUT2D eigenvalue weighted by Crippen LogP contribution is -2.65. The van der Waals surface area contributed by atoms with Crippen molar-refractivity contribution in [1.29, 1.82) is 0 Å². The molecule has 1 saturated carbocycles. The van der Waals surface area contributed by atoms with Crippen LogP contribution >= 0.6 is 0 Å². The number of aromatic amines is 1. The first-order valence-electron chi connectivity index (χ1n) is 11.9. The number of rotatable bonds is 8. The van der Waals surface area contributed by atoms with Crippen molar-refractivity contribution in [2.24, 2.45) is 0 Å². The quantitative estimate of drug-likeness (QED) is 0.463. The SMILES string of the molecule is COc1cc(O)c(C=O)c(OCC(=O)Nc2cc(C3CCC(OC(=O)N4C5COCC4C5)C3)[nH]n2)c1. The highest BCUT2D eigenvalue weighted by molar-refractivity contribution is 5.91. The molecule has 4 unspecified atom stereocenters. The highest BCUT2D eigenvalue weighted by atomic mass is 16.6. The first-order valence-corrected chi connectivity index (χ1v) is 11.9. The van der Waals surface area contributed by atoms with Gasteiger partial charge in [-0.1, -0.05) is 0 Å². The zero-order valence-corrected chi connectivity index (χ0v) is 19.8. The lowest BCUT2D eigenvalue weighted by atomic mass is 9.92. The van der Waals surface area contributed by atoms with Crippen molar-refractivity contribution in [3.05, 3.63) is 29.5 Å². The number of hydrogen-bond donors (Lipinski definition) is 3. The van der Waals surface area contributed by atoms with Gasteiger partial charge in [-0.15, -0.1) is 0 Å². The van der Waals surface area contributed by atoms with E-state index in [0.29, 0.717) is 31.7 Å². The molecule has 12 heteroatoms. The summed E-state index contributed by atoms with van der Waals surface area (Å²) >= 11 is 0. The fraction of sp³-hybridized carbons (Fsp3) is 0.500. The summed E-state index contributed by atoms with van der Waals surface area (Å²) in [6.07, 6.45) is 3.28.